The van der Waals surface area contributed by atoms with Gasteiger partial charge in [0.2, 0.25) is 0 Å². The minimum absolute atomic E-state index is 0.0464. The number of halogens is 4. The average Bonchev–Trinajstić information content (AvgIpc) is 3.00. The minimum Gasteiger partial charge on any atom is -0.467 e. The quantitative estimate of drug-likeness (QED) is 0.0726. The van der Waals surface area contributed by atoms with E-state index in [0.717, 1.165) is 44.9 Å². The van der Waals surface area contributed by atoms with Crippen molar-refractivity contribution >= 4 is 63.7 Å². The second-order valence-electron chi connectivity index (χ2n) is 8.56. The number of hydrogen-bond donors (Lipinski definition) is 0. The van der Waals surface area contributed by atoms with Crippen molar-refractivity contribution in [1.82, 2.24) is 0 Å². The summed E-state index contributed by atoms with van der Waals surface area (Å²) < 4.78 is 23.2. The predicted molar refractivity (Wildman–Crippen MR) is 172 cm³/mol. The Labute approximate surface area is 263 Å². The fourth-order valence-corrected chi connectivity index (χ4v) is 5.87. The van der Waals surface area contributed by atoms with Crippen LogP contribution in [0.1, 0.15) is 22.3 Å². The zero-order valence-corrected chi connectivity index (χ0v) is 27.5. The van der Waals surface area contributed by atoms with Crippen LogP contribution in [0, 0.1) is 0 Å². The van der Waals surface area contributed by atoms with E-state index in [-0.39, 0.29) is 20.4 Å². The highest BCUT2D eigenvalue weighted by Gasteiger charge is 2.14. The highest BCUT2D eigenvalue weighted by atomic mass is 79.9. The fraction of sp³-hybridized carbons (Fsp3) is 0.226. The van der Waals surface area contributed by atoms with Crippen molar-refractivity contribution in [2.75, 3.05) is 20.4 Å². The van der Waals surface area contributed by atoms with Crippen molar-refractivity contribution in [1.29, 1.82) is 0 Å². The van der Waals surface area contributed by atoms with Gasteiger partial charge in [0.05, 0.1) is 0 Å². The van der Waals surface area contributed by atoms with E-state index in [2.05, 4.69) is 112 Å². The summed E-state index contributed by atoms with van der Waals surface area (Å²) in [5.41, 5.74) is 8.86. The largest absolute Gasteiger partial charge is 0.467 e. The van der Waals surface area contributed by atoms with Gasteiger partial charge in [-0.2, -0.15) is 0 Å². The summed E-state index contributed by atoms with van der Waals surface area (Å²) in [4.78, 5) is 0. The van der Waals surface area contributed by atoms with Crippen LogP contribution in [0.2, 0.25) is 0 Å². The van der Waals surface area contributed by atoms with E-state index < -0.39 is 0 Å². The molecule has 0 aromatic heterocycles. The van der Waals surface area contributed by atoms with Crippen molar-refractivity contribution in [3.63, 3.8) is 0 Å². The van der Waals surface area contributed by atoms with E-state index in [1.807, 2.05) is 36.4 Å². The lowest BCUT2D eigenvalue weighted by molar-refractivity contribution is -0.130. The summed E-state index contributed by atoms with van der Waals surface area (Å²) >= 11 is 14.4. The van der Waals surface area contributed by atoms with Crippen molar-refractivity contribution in [2.45, 2.75) is 21.3 Å². The first kappa shape index (κ1) is 30.3. The number of alkyl halides is 4. The summed E-state index contributed by atoms with van der Waals surface area (Å²) in [6.07, 6.45) is 0. The van der Waals surface area contributed by atoms with Crippen LogP contribution >= 0.6 is 63.7 Å². The van der Waals surface area contributed by atoms with Crippen LogP contribution in [0.3, 0.4) is 0 Å². The summed E-state index contributed by atoms with van der Waals surface area (Å²) in [6, 6.07) is 29.2. The molecule has 0 amide bonds. The Kier molecular flexibility index (Phi) is 12.4. The molecule has 0 aliphatic carbocycles. The Morgan fingerprint density at radius 3 is 1.05 bits per heavy atom. The SMILES string of the molecule is BrCc1cc(-c2ccccc2)cc(CBr)c1OCOCOCOc1c(CBr)cc(-c2ccccc2)cc1CBr. The molecule has 0 saturated carbocycles. The molecular weight excluding hydrogens is 756 g/mol. The normalized spacial score (nSPS) is 11.0. The van der Waals surface area contributed by atoms with Gasteiger partial charge in [-0.05, 0) is 46.5 Å². The highest BCUT2D eigenvalue weighted by molar-refractivity contribution is 9.09. The van der Waals surface area contributed by atoms with Crippen LogP contribution in [0.15, 0.2) is 84.9 Å². The smallest absolute Gasteiger partial charge is 0.191 e. The lowest BCUT2D eigenvalue weighted by atomic mass is 10.00. The van der Waals surface area contributed by atoms with Crippen LogP contribution in [-0.4, -0.2) is 20.4 Å². The number of ether oxygens (including phenoxy) is 4. The third kappa shape index (κ3) is 8.18. The van der Waals surface area contributed by atoms with E-state index in [9.17, 15) is 0 Å². The molecule has 0 aliphatic rings. The van der Waals surface area contributed by atoms with Crippen LogP contribution in [0.4, 0.5) is 0 Å². The van der Waals surface area contributed by atoms with Crippen LogP contribution in [0.5, 0.6) is 11.5 Å². The van der Waals surface area contributed by atoms with Gasteiger partial charge < -0.3 is 18.9 Å². The molecule has 0 bridgehead atoms. The van der Waals surface area contributed by atoms with E-state index >= 15 is 0 Å². The van der Waals surface area contributed by atoms with Crippen molar-refractivity contribution < 1.29 is 18.9 Å². The van der Waals surface area contributed by atoms with Crippen LogP contribution < -0.4 is 9.47 Å². The molecule has 0 aliphatic heterocycles. The second kappa shape index (κ2) is 15.9. The number of hydrogen-bond acceptors (Lipinski definition) is 4. The standard InChI is InChI=1S/C31H28Br4O4/c32-15-26-11-24(22-7-3-1-4-8-22)12-27(16-33)30(26)38-20-36-19-37-21-39-31-28(17-34)13-25(14-29(31)18-35)23-9-5-2-6-10-23/h1-14H,15-21H2. The summed E-state index contributed by atoms with van der Waals surface area (Å²) in [7, 11) is 0. The second-order valence-corrected chi connectivity index (χ2v) is 10.8. The Bertz CT molecular complexity index is 1180. The summed E-state index contributed by atoms with van der Waals surface area (Å²) in [6.45, 7) is 0.177. The fourth-order valence-electron chi connectivity index (χ4n) is 4.20. The Balaban J connectivity index is 1.31. The van der Waals surface area contributed by atoms with E-state index in [0.29, 0.717) is 21.3 Å². The molecule has 0 radical (unpaired) electrons. The molecule has 0 heterocycles. The molecule has 0 saturated heterocycles. The van der Waals surface area contributed by atoms with E-state index in [1.165, 1.54) is 11.1 Å². The third-order valence-corrected chi connectivity index (χ3v) is 8.43. The highest BCUT2D eigenvalue weighted by Crippen LogP contribution is 2.35. The monoisotopic (exact) mass is 780 g/mol. The van der Waals surface area contributed by atoms with Crippen molar-refractivity contribution in [3.8, 4) is 33.8 Å². The Hall–Kier alpha value is -1.68. The van der Waals surface area contributed by atoms with Gasteiger partial charge >= 0.3 is 0 Å². The third-order valence-electron chi connectivity index (χ3n) is 6.02. The average molecular weight is 784 g/mol. The van der Waals surface area contributed by atoms with Crippen LogP contribution in [0.25, 0.3) is 22.3 Å². The molecular formula is C31H28Br4O4. The molecule has 204 valence electrons. The molecule has 39 heavy (non-hydrogen) atoms. The molecule has 0 fully saturated rings. The zero-order valence-electron chi connectivity index (χ0n) is 21.2. The lowest BCUT2D eigenvalue weighted by Crippen LogP contribution is -2.12. The molecule has 0 spiro atoms. The first-order valence-electron chi connectivity index (χ1n) is 12.3. The van der Waals surface area contributed by atoms with Crippen LogP contribution in [-0.2, 0) is 30.8 Å². The van der Waals surface area contributed by atoms with E-state index in [1.54, 1.807) is 0 Å². The van der Waals surface area contributed by atoms with Gasteiger partial charge in [-0.15, -0.1) is 0 Å². The van der Waals surface area contributed by atoms with Crippen molar-refractivity contribution in [2.24, 2.45) is 0 Å². The van der Waals surface area contributed by atoms with Gasteiger partial charge in [-0.25, -0.2) is 0 Å². The van der Waals surface area contributed by atoms with E-state index in [4.69, 9.17) is 18.9 Å². The van der Waals surface area contributed by atoms with Gasteiger partial charge in [0.15, 0.2) is 20.4 Å². The molecule has 4 rings (SSSR count). The molecule has 8 heteroatoms. The van der Waals surface area contributed by atoms with Gasteiger partial charge in [0.1, 0.15) is 11.5 Å². The van der Waals surface area contributed by atoms with Crippen molar-refractivity contribution in [3.05, 3.63) is 107 Å². The number of benzene rings is 4. The Morgan fingerprint density at radius 1 is 0.410 bits per heavy atom. The summed E-state index contributed by atoms with van der Waals surface area (Å²) in [5.74, 6) is 1.62. The lowest BCUT2D eigenvalue weighted by Gasteiger charge is -2.17. The first-order chi connectivity index (χ1) is 19.2. The molecule has 4 aromatic rings. The van der Waals surface area contributed by atoms with Gasteiger partial charge in [0.25, 0.3) is 0 Å². The molecule has 0 unspecified atom stereocenters. The molecule has 0 atom stereocenters. The molecule has 4 aromatic carbocycles. The maximum absolute atomic E-state index is 6.02. The maximum atomic E-state index is 6.02. The van der Waals surface area contributed by atoms with Gasteiger partial charge in [-0.1, -0.05) is 124 Å². The maximum Gasteiger partial charge on any atom is 0.191 e. The van der Waals surface area contributed by atoms with Gasteiger partial charge in [0, 0.05) is 43.6 Å². The number of rotatable bonds is 14. The first-order valence-corrected chi connectivity index (χ1v) is 16.7. The minimum atomic E-state index is 0.0464. The topological polar surface area (TPSA) is 36.9 Å². The Morgan fingerprint density at radius 2 is 0.744 bits per heavy atom. The molecule has 0 N–H and O–H groups in total. The predicted octanol–water partition coefficient (Wildman–Crippen LogP) is 9.96. The zero-order chi connectivity index (χ0) is 27.5. The van der Waals surface area contributed by atoms with Gasteiger partial charge in [-0.3, -0.25) is 0 Å². The molecule has 4 nitrogen and oxygen atoms in total. The summed E-state index contributed by atoms with van der Waals surface area (Å²) in [5, 5.41) is 2.68.